The number of anilines is 1. The molecule has 5 nitrogen and oxygen atoms in total. The first-order chi connectivity index (χ1) is 10.2. The third kappa shape index (κ3) is 2.49. The lowest BCUT2D eigenvalue weighted by Gasteiger charge is -2.16. The van der Waals surface area contributed by atoms with Gasteiger partial charge in [-0.3, -0.25) is 4.79 Å². The van der Waals surface area contributed by atoms with E-state index in [1.165, 1.54) is 12.8 Å². The molecule has 1 aromatic rings. The summed E-state index contributed by atoms with van der Waals surface area (Å²) in [6.45, 7) is 4.78. The van der Waals surface area contributed by atoms with Crippen molar-refractivity contribution in [1.82, 2.24) is 15.3 Å². The summed E-state index contributed by atoms with van der Waals surface area (Å²) in [5, 5.41) is 3.13. The van der Waals surface area contributed by atoms with Crippen LogP contribution in [0.4, 0.5) is 5.95 Å². The van der Waals surface area contributed by atoms with Gasteiger partial charge in [-0.1, -0.05) is 0 Å². The fourth-order valence-electron chi connectivity index (χ4n) is 3.48. The monoisotopic (exact) mass is 286 g/mol. The fraction of sp³-hybridized carbons (Fsp3) is 0.688. The number of amides is 1. The Labute approximate surface area is 125 Å². The second kappa shape index (κ2) is 4.68. The largest absolute Gasteiger partial charge is 0.356 e. The predicted octanol–water partition coefficient (Wildman–Crippen LogP) is 1.53. The Kier molecular flexibility index (Phi) is 2.91. The first-order valence-corrected chi connectivity index (χ1v) is 7.98. The second-order valence-electron chi connectivity index (χ2n) is 7.04. The van der Waals surface area contributed by atoms with Crippen molar-refractivity contribution in [3.05, 3.63) is 18.0 Å². The van der Waals surface area contributed by atoms with Crippen molar-refractivity contribution in [3.8, 4) is 0 Å². The minimum Gasteiger partial charge on any atom is -0.356 e. The Morgan fingerprint density at radius 3 is 2.90 bits per heavy atom. The van der Waals surface area contributed by atoms with E-state index in [9.17, 15) is 4.79 Å². The van der Waals surface area contributed by atoms with Gasteiger partial charge < -0.3 is 10.2 Å². The molecule has 0 unspecified atom stereocenters. The van der Waals surface area contributed by atoms with Crippen LogP contribution in [0, 0.1) is 24.2 Å². The van der Waals surface area contributed by atoms with Crippen LogP contribution >= 0.6 is 0 Å². The van der Waals surface area contributed by atoms with Gasteiger partial charge in [-0.05, 0) is 44.1 Å². The fourth-order valence-corrected chi connectivity index (χ4v) is 3.48. The Morgan fingerprint density at radius 1 is 1.43 bits per heavy atom. The molecule has 1 aliphatic heterocycles. The summed E-state index contributed by atoms with van der Waals surface area (Å²) < 4.78 is 0. The lowest BCUT2D eigenvalue weighted by Crippen LogP contribution is -2.30. The molecule has 3 fully saturated rings. The van der Waals surface area contributed by atoms with Crippen LogP contribution < -0.4 is 10.2 Å². The van der Waals surface area contributed by atoms with Gasteiger partial charge in [0, 0.05) is 43.4 Å². The first-order valence-electron chi connectivity index (χ1n) is 7.98. The number of nitrogens with one attached hydrogen (secondary N) is 1. The number of carbonyl (C=O) groups excluding carboxylic acids is 1. The highest BCUT2D eigenvalue weighted by Gasteiger charge is 2.61. The van der Waals surface area contributed by atoms with Gasteiger partial charge in [-0.15, -0.1) is 0 Å². The highest BCUT2D eigenvalue weighted by atomic mass is 16.2. The standard InChI is InChI=1S/C16H22N4O/c1-11-7-18-15(19-8-11)20-5-4-16(10-20)6-13(16)14(21)17-9-12-2-3-12/h7-8,12-13H,2-6,9-10H2,1H3,(H,17,21)/t13-,16-/m1/s1. The molecule has 0 radical (unpaired) electrons. The van der Waals surface area contributed by atoms with E-state index in [1.807, 2.05) is 19.3 Å². The molecule has 1 spiro atoms. The molecule has 2 heterocycles. The lowest BCUT2D eigenvalue weighted by molar-refractivity contribution is -0.123. The van der Waals surface area contributed by atoms with Gasteiger partial charge in [0.1, 0.15) is 0 Å². The molecule has 21 heavy (non-hydrogen) atoms. The summed E-state index contributed by atoms with van der Waals surface area (Å²) in [5.41, 5.74) is 1.28. The summed E-state index contributed by atoms with van der Waals surface area (Å²) in [6, 6.07) is 0. The molecule has 1 N–H and O–H groups in total. The lowest BCUT2D eigenvalue weighted by atomic mass is 10.0. The zero-order valence-electron chi connectivity index (χ0n) is 12.5. The van der Waals surface area contributed by atoms with Crippen LogP contribution in [0.3, 0.4) is 0 Å². The number of nitrogens with zero attached hydrogens (tertiary/aromatic N) is 3. The van der Waals surface area contributed by atoms with Crippen molar-refractivity contribution >= 4 is 11.9 Å². The average Bonchev–Trinajstić information content (AvgIpc) is 3.36. The summed E-state index contributed by atoms with van der Waals surface area (Å²) in [5.74, 6) is 2.05. The van der Waals surface area contributed by atoms with E-state index in [0.717, 1.165) is 49.9 Å². The molecule has 2 atom stereocenters. The molecular formula is C16H22N4O. The van der Waals surface area contributed by atoms with Crippen LogP contribution in [0.15, 0.2) is 12.4 Å². The van der Waals surface area contributed by atoms with E-state index < -0.39 is 0 Å². The number of hydrogen-bond donors (Lipinski definition) is 1. The molecular weight excluding hydrogens is 264 g/mol. The van der Waals surface area contributed by atoms with E-state index >= 15 is 0 Å². The average molecular weight is 286 g/mol. The van der Waals surface area contributed by atoms with E-state index in [0.29, 0.717) is 0 Å². The van der Waals surface area contributed by atoms with Gasteiger partial charge in [0.05, 0.1) is 0 Å². The third-order valence-electron chi connectivity index (χ3n) is 5.20. The van der Waals surface area contributed by atoms with Crippen LogP contribution in [-0.2, 0) is 4.79 Å². The molecule has 4 rings (SSSR count). The van der Waals surface area contributed by atoms with Crippen LogP contribution in [0.2, 0.25) is 0 Å². The zero-order chi connectivity index (χ0) is 14.4. The number of rotatable bonds is 4. The van der Waals surface area contributed by atoms with Crippen molar-refractivity contribution in [3.63, 3.8) is 0 Å². The quantitative estimate of drug-likeness (QED) is 0.912. The Hall–Kier alpha value is -1.65. The molecule has 5 heteroatoms. The van der Waals surface area contributed by atoms with Gasteiger partial charge in [-0.25, -0.2) is 9.97 Å². The summed E-state index contributed by atoms with van der Waals surface area (Å²) >= 11 is 0. The van der Waals surface area contributed by atoms with Gasteiger partial charge in [0.25, 0.3) is 0 Å². The van der Waals surface area contributed by atoms with Gasteiger partial charge in [0.15, 0.2) is 0 Å². The molecule has 0 aromatic carbocycles. The van der Waals surface area contributed by atoms with Crippen molar-refractivity contribution < 1.29 is 4.79 Å². The van der Waals surface area contributed by atoms with Gasteiger partial charge in [-0.2, -0.15) is 0 Å². The van der Waals surface area contributed by atoms with E-state index in [1.54, 1.807) is 0 Å². The maximum absolute atomic E-state index is 12.2. The van der Waals surface area contributed by atoms with Crippen molar-refractivity contribution in [1.29, 1.82) is 0 Å². The number of carbonyl (C=O) groups is 1. The van der Waals surface area contributed by atoms with Crippen molar-refractivity contribution in [2.45, 2.75) is 32.6 Å². The van der Waals surface area contributed by atoms with Crippen LogP contribution in [-0.4, -0.2) is 35.5 Å². The number of aryl methyl sites for hydroxylation is 1. The minimum absolute atomic E-state index is 0.196. The van der Waals surface area contributed by atoms with Gasteiger partial charge >= 0.3 is 0 Å². The minimum atomic E-state index is 0.196. The van der Waals surface area contributed by atoms with Crippen molar-refractivity contribution in [2.24, 2.45) is 17.3 Å². The molecule has 112 valence electrons. The van der Waals surface area contributed by atoms with E-state index in [-0.39, 0.29) is 17.2 Å². The predicted molar refractivity (Wildman–Crippen MR) is 79.9 cm³/mol. The topological polar surface area (TPSA) is 58.1 Å². The smallest absolute Gasteiger partial charge is 0.225 e. The third-order valence-corrected chi connectivity index (χ3v) is 5.20. The Balaban J connectivity index is 1.35. The van der Waals surface area contributed by atoms with Crippen LogP contribution in [0.1, 0.15) is 31.2 Å². The molecule has 1 saturated heterocycles. The van der Waals surface area contributed by atoms with Crippen LogP contribution in [0.5, 0.6) is 0 Å². The summed E-state index contributed by atoms with van der Waals surface area (Å²) in [6.07, 6.45) is 8.42. The number of hydrogen-bond acceptors (Lipinski definition) is 4. The molecule has 2 saturated carbocycles. The number of aromatic nitrogens is 2. The maximum atomic E-state index is 12.2. The normalized spacial score (nSPS) is 30.7. The maximum Gasteiger partial charge on any atom is 0.225 e. The highest BCUT2D eigenvalue weighted by Crippen LogP contribution is 2.58. The van der Waals surface area contributed by atoms with Gasteiger partial charge in [0.2, 0.25) is 11.9 Å². The highest BCUT2D eigenvalue weighted by molar-refractivity contribution is 5.83. The zero-order valence-corrected chi connectivity index (χ0v) is 12.5. The second-order valence-corrected chi connectivity index (χ2v) is 7.04. The Morgan fingerprint density at radius 2 is 2.19 bits per heavy atom. The molecule has 1 aromatic heterocycles. The molecule has 0 bridgehead atoms. The van der Waals surface area contributed by atoms with E-state index in [2.05, 4.69) is 20.2 Å². The molecule has 3 aliphatic rings. The SMILES string of the molecule is Cc1cnc(N2CC[C@@]3(C[C@@H]3C(=O)NCC3CC3)C2)nc1. The summed E-state index contributed by atoms with van der Waals surface area (Å²) in [4.78, 5) is 23.3. The molecule has 2 aliphatic carbocycles. The van der Waals surface area contributed by atoms with E-state index in [4.69, 9.17) is 0 Å². The van der Waals surface area contributed by atoms with Crippen molar-refractivity contribution in [2.75, 3.05) is 24.5 Å². The Bertz CT molecular complexity index is 554. The summed E-state index contributed by atoms with van der Waals surface area (Å²) in [7, 11) is 0. The molecule has 1 amide bonds. The van der Waals surface area contributed by atoms with Crippen LogP contribution in [0.25, 0.3) is 0 Å². The first kappa shape index (κ1) is 13.0.